The Morgan fingerprint density at radius 3 is 2.52 bits per heavy atom. The third-order valence-electron chi connectivity index (χ3n) is 10.9. The van der Waals surface area contributed by atoms with Crippen molar-refractivity contribution in [3.8, 4) is 11.6 Å². The Bertz CT molecular complexity index is 1950. The highest BCUT2D eigenvalue weighted by Gasteiger charge is 2.43. The molecule has 5 rings (SSSR count). The van der Waals surface area contributed by atoms with E-state index in [9.17, 15) is 27.6 Å². The van der Waals surface area contributed by atoms with Gasteiger partial charge in [-0.1, -0.05) is 51.8 Å². The van der Waals surface area contributed by atoms with E-state index in [1.165, 1.54) is 25.1 Å². The fraction of sp³-hybridized carbons (Fsp3) is 0.643. The number of carbonyl (C=O) groups is 4. The number of nitrogens with one attached hydrogen (secondary N) is 2. The number of pyridine rings is 1. The number of aromatic nitrogens is 1. The van der Waals surface area contributed by atoms with Crippen LogP contribution >= 0.6 is 0 Å². The number of morpholine rings is 1. The second-order valence-electron chi connectivity index (χ2n) is 17.2. The quantitative estimate of drug-likeness (QED) is 0.122. The first-order chi connectivity index (χ1) is 28.5. The van der Waals surface area contributed by atoms with Crippen LogP contribution in [0.4, 0.5) is 4.79 Å². The standard InChI is InChI=1S/C42H63N7O10S/c1-7-13-33(38(51)46-60(54,55)47(5)6)44-39(52)34-25-29(27-49(34)36(50)26-42(2,3)4)58-40-31(16-10-8-9-14-28-24-35(28)59-41(43)53)37(30-15-11-12-17-32(30)45-40)57-23-20-48-18-21-56-22-19-48/h7,11-12,15,17,28-29,33-35H,1,8-10,13-14,16,18-27H2,2-6H3,(H2,43,53)(H,44,52)(H,46,51)/t28-,29-,33?,34+,35-/m1/s1. The Morgan fingerprint density at radius 2 is 1.83 bits per heavy atom. The van der Waals surface area contributed by atoms with E-state index in [0.29, 0.717) is 55.9 Å². The summed E-state index contributed by atoms with van der Waals surface area (Å²) in [5, 5.41) is 3.53. The Kier molecular flexibility index (Phi) is 16.2. The lowest BCUT2D eigenvalue weighted by molar-refractivity contribution is -0.140. The number of carbonyl (C=O) groups excluding carboxylic acids is 4. The number of hydrogen-bond acceptors (Lipinski definition) is 12. The van der Waals surface area contributed by atoms with Gasteiger partial charge in [-0.05, 0) is 55.6 Å². The van der Waals surface area contributed by atoms with E-state index in [1.807, 2.05) is 49.8 Å². The van der Waals surface area contributed by atoms with E-state index in [0.717, 1.165) is 60.4 Å². The molecular weight excluding hydrogens is 795 g/mol. The first kappa shape index (κ1) is 46.5. The van der Waals surface area contributed by atoms with E-state index in [4.69, 9.17) is 29.7 Å². The van der Waals surface area contributed by atoms with Gasteiger partial charge in [-0.15, -0.1) is 6.58 Å². The molecule has 0 bridgehead atoms. The number of ether oxygens (including phenoxy) is 4. The molecule has 60 heavy (non-hydrogen) atoms. The lowest BCUT2D eigenvalue weighted by Gasteiger charge is -2.28. The van der Waals surface area contributed by atoms with Gasteiger partial charge < -0.3 is 34.9 Å². The van der Waals surface area contributed by atoms with Crippen LogP contribution in [0.3, 0.4) is 0 Å². The fourth-order valence-electron chi connectivity index (χ4n) is 7.56. The minimum absolute atomic E-state index is 0.0514. The Morgan fingerprint density at radius 1 is 1.10 bits per heavy atom. The minimum Gasteiger partial charge on any atom is -0.491 e. The SMILES string of the molecule is C=CCC(NC(=O)[C@@H]1C[C@@H](Oc2nc3ccccc3c(OCCN3CCOCC3)c2CCCCC[C@@H]2C[C@H]2OC(N)=O)CN1C(=O)CC(C)(C)C)C(=O)NS(=O)(=O)N(C)C. The zero-order valence-corrected chi connectivity index (χ0v) is 36.5. The normalized spacial score (nSPS) is 21.3. The molecule has 4 amide bonds. The highest BCUT2D eigenvalue weighted by Crippen LogP contribution is 2.40. The average Bonchev–Trinajstić information content (AvgIpc) is 3.76. The Hall–Kier alpha value is -4.52. The number of nitrogens with zero attached hydrogens (tertiary/aromatic N) is 4. The average molecular weight is 858 g/mol. The van der Waals surface area contributed by atoms with Crippen molar-refractivity contribution in [2.45, 2.75) is 103 Å². The van der Waals surface area contributed by atoms with Crippen molar-refractivity contribution in [1.82, 2.24) is 29.1 Å². The molecule has 3 heterocycles. The molecule has 332 valence electrons. The number of amides is 4. The van der Waals surface area contributed by atoms with Crippen LogP contribution in [0.5, 0.6) is 11.6 Å². The van der Waals surface area contributed by atoms with Gasteiger partial charge in [-0.3, -0.25) is 19.3 Å². The Labute approximate surface area is 353 Å². The number of para-hydroxylation sites is 1. The third-order valence-corrected chi connectivity index (χ3v) is 12.3. The van der Waals surface area contributed by atoms with Crippen LogP contribution in [0.25, 0.3) is 10.9 Å². The molecule has 2 aliphatic heterocycles. The molecule has 0 spiro atoms. The van der Waals surface area contributed by atoms with Gasteiger partial charge in [0.2, 0.25) is 17.7 Å². The van der Waals surface area contributed by atoms with Crippen LogP contribution in [-0.2, 0) is 40.5 Å². The first-order valence-electron chi connectivity index (χ1n) is 20.9. The maximum atomic E-state index is 14.1. The molecule has 17 nitrogen and oxygen atoms in total. The summed E-state index contributed by atoms with van der Waals surface area (Å²) in [6.07, 6.45) is 5.07. The zero-order valence-electron chi connectivity index (χ0n) is 35.7. The largest absolute Gasteiger partial charge is 0.491 e. The van der Waals surface area contributed by atoms with E-state index < -0.39 is 51.7 Å². The third kappa shape index (κ3) is 13.2. The summed E-state index contributed by atoms with van der Waals surface area (Å²) in [6, 6.07) is 5.43. The summed E-state index contributed by atoms with van der Waals surface area (Å²) in [6.45, 7) is 13.7. The van der Waals surface area contributed by atoms with Gasteiger partial charge in [0.05, 0.1) is 30.8 Å². The summed E-state index contributed by atoms with van der Waals surface area (Å²) in [7, 11) is -1.58. The van der Waals surface area contributed by atoms with E-state index in [-0.39, 0.29) is 37.8 Å². The van der Waals surface area contributed by atoms with Gasteiger partial charge in [0.1, 0.15) is 36.6 Å². The van der Waals surface area contributed by atoms with Gasteiger partial charge >= 0.3 is 16.3 Å². The number of benzene rings is 1. The second kappa shape index (κ2) is 20.8. The lowest BCUT2D eigenvalue weighted by atomic mass is 9.91. The van der Waals surface area contributed by atoms with Crippen LogP contribution in [0, 0.1) is 11.3 Å². The molecule has 1 aromatic carbocycles. The molecule has 2 aromatic rings. The molecular formula is C42H63N7O10S. The summed E-state index contributed by atoms with van der Waals surface area (Å²) in [5.74, 6) is -0.449. The van der Waals surface area contributed by atoms with Gasteiger partial charge in [0, 0.05) is 52.0 Å². The van der Waals surface area contributed by atoms with Crippen molar-refractivity contribution in [2.75, 3.05) is 60.1 Å². The van der Waals surface area contributed by atoms with Gasteiger partial charge in [-0.2, -0.15) is 12.7 Å². The zero-order chi connectivity index (χ0) is 43.6. The van der Waals surface area contributed by atoms with Crippen molar-refractivity contribution < 1.29 is 46.5 Å². The van der Waals surface area contributed by atoms with E-state index in [1.54, 1.807) is 0 Å². The maximum Gasteiger partial charge on any atom is 0.404 e. The highest BCUT2D eigenvalue weighted by molar-refractivity contribution is 7.87. The predicted octanol–water partition coefficient (Wildman–Crippen LogP) is 3.30. The van der Waals surface area contributed by atoms with Crippen molar-refractivity contribution in [2.24, 2.45) is 17.1 Å². The number of hydrogen-bond donors (Lipinski definition) is 3. The minimum atomic E-state index is -4.14. The smallest absolute Gasteiger partial charge is 0.404 e. The van der Waals surface area contributed by atoms with Crippen molar-refractivity contribution in [1.29, 1.82) is 0 Å². The van der Waals surface area contributed by atoms with Crippen molar-refractivity contribution >= 4 is 44.9 Å². The molecule has 3 aliphatic rings. The van der Waals surface area contributed by atoms with Crippen LogP contribution in [0.2, 0.25) is 0 Å². The number of primary amides is 1. The van der Waals surface area contributed by atoms with Crippen LogP contribution in [0.15, 0.2) is 36.9 Å². The van der Waals surface area contributed by atoms with Gasteiger partial charge in [-0.25, -0.2) is 14.5 Å². The maximum absolute atomic E-state index is 14.1. The van der Waals surface area contributed by atoms with Gasteiger partial charge in [0.15, 0.2) is 0 Å². The van der Waals surface area contributed by atoms with E-state index >= 15 is 0 Å². The number of rotatable bonds is 21. The van der Waals surface area contributed by atoms with E-state index in [2.05, 4.69) is 16.8 Å². The molecule has 4 N–H and O–H groups in total. The van der Waals surface area contributed by atoms with Gasteiger partial charge in [0.25, 0.3) is 5.91 Å². The molecule has 1 unspecified atom stereocenters. The topological polar surface area (TPSA) is 212 Å². The van der Waals surface area contributed by atoms with Crippen molar-refractivity contribution in [3.05, 3.63) is 42.5 Å². The molecule has 18 heteroatoms. The van der Waals surface area contributed by atoms with Crippen LogP contribution in [0.1, 0.15) is 77.7 Å². The molecule has 3 fully saturated rings. The highest BCUT2D eigenvalue weighted by atomic mass is 32.2. The number of likely N-dealkylation sites (tertiary alicyclic amines) is 1. The number of unbranched alkanes of at least 4 members (excludes halogenated alkanes) is 2. The molecule has 1 aromatic heterocycles. The fourth-order valence-corrected chi connectivity index (χ4v) is 8.14. The number of nitrogens with two attached hydrogens (primary N) is 1. The predicted molar refractivity (Wildman–Crippen MR) is 225 cm³/mol. The molecule has 5 atom stereocenters. The summed E-state index contributed by atoms with van der Waals surface area (Å²) in [4.78, 5) is 61.0. The van der Waals surface area contributed by atoms with Crippen LogP contribution in [-0.4, -0.2) is 136 Å². The summed E-state index contributed by atoms with van der Waals surface area (Å²) < 4.78 is 51.8. The molecule has 2 saturated heterocycles. The summed E-state index contributed by atoms with van der Waals surface area (Å²) in [5.41, 5.74) is 6.28. The monoisotopic (exact) mass is 857 g/mol. The Balaban J connectivity index is 1.40. The first-order valence-corrected chi connectivity index (χ1v) is 22.3. The summed E-state index contributed by atoms with van der Waals surface area (Å²) >= 11 is 0. The van der Waals surface area contributed by atoms with Crippen LogP contribution < -0.4 is 25.2 Å². The second-order valence-corrected chi connectivity index (χ2v) is 19.1. The molecule has 1 saturated carbocycles. The van der Waals surface area contributed by atoms with Crippen molar-refractivity contribution in [3.63, 3.8) is 0 Å². The molecule has 1 aliphatic carbocycles. The molecule has 0 radical (unpaired) electrons. The number of fused-ring (bicyclic) bond motifs is 1. The lowest BCUT2D eigenvalue weighted by Crippen LogP contribution is -2.54.